The van der Waals surface area contributed by atoms with E-state index in [1.54, 1.807) is 0 Å². The first-order chi connectivity index (χ1) is 13.9. The molecule has 0 fully saturated rings. The summed E-state index contributed by atoms with van der Waals surface area (Å²) in [5.41, 5.74) is 2.06. The molecule has 0 aliphatic carbocycles. The van der Waals surface area contributed by atoms with E-state index in [0.717, 1.165) is 31.3 Å². The molecule has 0 aromatic heterocycles. The molecule has 5 nitrogen and oxygen atoms in total. The number of hydrogen-bond donors (Lipinski definition) is 0. The fraction of sp³-hybridized carbons (Fsp3) is 0.600. The van der Waals surface area contributed by atoms with Crippen molar-refractivity contribution < 1.29 is 24.2 Å². The topological polar surface area (TPSA) is 75.7 Å². The molecule has 0 spiro atoms. The first-order valence-electron chi connectivity index (χ1n) is 10.7. The molecule has 0 radical (unpaired) electrons. The van der Waals surface area contributed by atoms with E-state index < -0.39 is 23.1 Å². The van der Waals surface area contributed by atoms with Gasteiger partial charge in [-0.05, 0) is 55.1 Å². The zero-order valence-corrected chi connectivity index (χ0v) is 19.8. The number of carbonyl (C=O) groups is 2. The van der Waals surface area contributed by atoms with Crippen molar-refractivity contribution >= 4 is 11.8 Å². The predicted molar refractivity (Wildman–Crippen MR) is 118 cm³/mol. The van der Waals surface area contributed by atoms with Crippen LogP contribution in [0.2, 0.25) is 0 Å². The van der Waals surface area contributed by atoms with E-state index >= 15 is 0 Å². The molecule has 0 saturated carbocycles. The Balaban J connectivity index is 3.01. The lowest BCUT2D eigenvalue weighted by Gasteiger charge is -2.30. The van der Waals surface area contributed by atoms with Gasteiger partial charge in [-0.15, -0.1) is 5.76 Å². The number of ketones is 1. The summed E-state index contributed by atoms with van der Waals surface area (Å²) in [7, 11) is 1.15. The van der Waals surface area contributed by atoms with E-state index in [-0.39, 0.29) is 17.3 Å². The molecule has 0 atom stereocenters. The SMILES string of the molecule is CCC(C)(C)c1ccc(OCCC/C([O-])=C(/C(C)=O)C(=O)OC)c(C(C)(C)CC)c1. The maximum atomic E-state index is 12.2. The molecule has 0 bridgehead atoms. The summed E-state index contributed by atoms with van der Waals surface area (Å²) in [5, 5.41) is 12.2. The molecule has 0 unspecified atom stereocenters. The van der Waals surface area contributed by atoms with Crippen molar-refractivity contribution in [1.29, 1.82) is 0 Å². The zero-order valence-electron chi connectivity index (χ0n) is 19.8. The van der Waals surface area contributed by atoms with Gasteiger partial charge in [-0.3, -0.25) is 4.79 Å². The van der Waals surface area contributed by atoms with Crippen molar-refractivity contribution in [2.24, 2.45) is 0 Å². The zero-order chi connectivity index (χ0) is 23.1. The predicted octanol–water partition coefficient (Wildman–Crippen LogP) is 4.60. The van der Waals surface area contributed by atoms with Crippen LogP contribution in [-0.4, -0.2) is 25.5 Å². The van der Waals surface area contributed by atoms with Crippen LogP contribution in [0.15, 0.2) is 29.5 Å². The number of benzene rings is 1. The van der Waals surface area contributed by atoms with Gasteiger partial charge in [0.2, 0.25) is 0 Å². The summed E-state index contributed by atoms with van der Waals surface area (Å²) in [5.74, 6) is -1.15. The number of allylic oxidation sites excluding steroid dienone is 1. The number of carbonyl (C=O) groups excluding carboxylic acids is 2. The van der Waals surface area contributed by atoms with Crippen LogP contribution < -0.4 is 9.84 Å². The monoisotopic (exact) mass is 417 g/mol. The van der Waals surface area contributed by atoms with E-state index in [0.29, 0.717) is 13.0 Å². The maximum absolute atomic E-state index is 12.2. The van der Waals surface area contributed by atoms with Crippen LogP contribution in [0.3, 0.4) is 0 Å². The van der Waals surface area contributed by atoms with Gasteiger partial charge in [0.1, 0.15) is 5.75 Å². The molecule has 0 aliphatic heterocycles. The summed E-state index contributed by atoms with van der Waals surface area (Å²) in [6.07, 6.45) is 2.46. The molecular weight excluding hydrogens is 380 g/mol. The molecule has 0 heterocycles. The van der Waals surface area contributed by atoms with Crippen LogP contribution in [0.25, 0.3) is 0 Å². The van der Waals surface area contributed by atoms with Crippen molar-refractivity contribution in [2.45, 2.75) is 85.0 Å². The maximum Gasteiger partial charge on any atom is 0.340 e. The third-order valence-electron chi connectivity index (χ3n) is 6.08. The third kappa shape index (κ3) is 6.35. The second-order valence-corrected chi connectivity index (χ2v) is 8.98. The highest BCUT2D eigenvalue weighted by molar-refractivity contribution is 6.16. The quantitative estimate of drug-likeness (QED) is 0.131. The summed E-state index contributed by atoms with van der Waals surface area (Å²) in [6.45, 7) is 14.7. The van der Waals surface area contributed by atoms with E-state index in [2.05, 4.69) is 58.4 Å². The second kappa shape index (κ2) is 10.6. The molecule has 0 saturated heterocycles. The summed E-state index contributed by atoms with van der Waals surface area (Å²) < 4.78 is 10.6. The fourth-order valence-electron chi connectivity index (χ4n) is 3.10. The molecule has 168 valence electrons. The highest BCUT2D eigenvalue weighted by atomic mass is 16.5. The lowest BCUT2D eigenvalue weighted by molar-refractivity contribution is -0.308. The minimum absolute atomic E-state index is 0.0502. The number of esters is 1. The first kappa shape index (κ1) is 25.7. The van der Waals surface area contributed by atoms with Gasteiger partial charge in [0, 0.05) is 5.56 Å². The normalized spacial score (nSPS) is 12.9. The smallest absolute Gasteiger partial charge is 0.340 e. The molecular formula is C25H37O5-. The van der Waals surface area contributed by atoms with Gasteiger partial charge in [0.05, 0.1) is 19.3 Å². The number of hydrogen-bond acceptors (Lipinski definition) is 5. The Kier molecular flexibility index (Phi) is 9.13. The van der Waals surface area contributed by atoms with Crippen LogP contribution in [0.5, 0.6) is 5.75 Å². The molecule has 5 heteroatoms. The minimum atomic E-state index is -0.880. The van der Waals surface area contributed by atoms with Gasteiger partial charge in [-0.1, -0.05) is 53.7 Å². The number of methoxy groups -OCH3 is 1. The number of Topliss-reactive ketones (excluding diaryl/α,β-unsaturated/α-hetero) is 1. The van der Waals surface area contributed by atoms with Crippen molar-refractivity contribution in [3.8, 4) is 5.75 Å². The number of ether oxygens (including phenoxy) is 2. The van der Waals surface area contributed by atoms with Gasteiger partial charge in [-0.2, -0.15) is 0 Å². The Bertz CT molecular complexity index is 787. The largest absolute Gasteiger partial charge is 0.875 e. The van der Waals surface area contributed by atoms with Crippen molar-refractivity contribution in [1.82, 2.24) is 0 Å². The third-order valence-corrected chi connectivity index (χ3v) is 6.08. The molecule has 0 amide bonds. The average molecular weight is 418 g/mol. The molecule has 0 aliphatic rings. The van der Waals surface area contributed by atoms with Crippen molar-refractivity contribution in [3.63, 3.8) is 0 Å². The first-order valence-corrected chi connectivity index (χ1v) is 10.7. The Hall–Kier alpha value is -2.30. The average Bonchev–Trinajstić information content (AvgIpc) is 2.70. The Morgan fingerprint density at radius 2 is 1.63 bits per heavy atom. The second-order valence-electron chi connectivity index (χ2n) is 8.98. The molecule has 1 rings (SSSR count). The van der Waals surface area contributed by atoms with Crippen molar-refractivity contribution in [2.75, 3.05) is 13.7 Å². The standard InChI is InChI=1S/C25H38O5/c1-9-24(4,5)18-13-14-21(19(16-18)25(6,7)10-2)30-15-11-12-20(27)22(17(3)26)23(28)29-8/h13-14,16,27H,9-12,15H2,1-8H3/p-1/b22-20+. The highest BCUT2D eigenvalue weighted by Gasteiger charge is 2.26. The molecule has 30 heavy (non-hydrogen) atoms. The summed E-state index contributed by atoms with van der Waals surface area (Å²) in [6, 6.07) is 6.37. The van der Waals surface area contributed by atoms with Crippen LogP contribution >= 0.6 is 0 Å². The van der Waals surface area contributed by atoms with Gasteiger partial charge >= 0.3 is 5.97 Å². The van der Waals surface area contributed by atoms with E-state index in [4.69, 9.17) is 4.74 Å². The van der Waals surface area contributed by atoms with Crippen molar-refractivity contribution in [3.05, 3.63) is 40.7 Å². The van der Waals surface area contributed by atoms with Crippen LogP contribution in [0.1, 0.15) is 85.3 Å². The highest BCUT2D eigenvalue weighted by Crippen LogP contribution is 2.38. The molecule has 1 aromatic carbocycles. The van der Waals surface area contributed by atoms with E-state index in [1.807, 2.05) is 6.07 Å². The van der Waals surface area contributed by atoms with E-state index in [1.165, 1.54) is 12.5 Å². The number of rotatable bonds is 11. The van der Waals surface area contributed by atoms with Crippen LogP contribution in [0, 0.1) is 0 Å². The van der Waals surface area contributed by atoms with Gasteiger partial charge in [0.15, 0.2) is 5.78 Å². The van der Waals surface area contributed by atoms with E-state index in [9.17, 15) is 14.7 Å². The lowest BCUT2D eigenvalue weighted by atomic mass is 9.76. The van der Waals surface area contributed by atoms with Crippen LogP contribution in [0.4, 0.5) is 0 Å². The lowest BCUT2D eigenvalue weighted by Crippen LogP contribution is -2.22. The van der Waals surface area contributed by atoms with Gasteiger partial charge in [-0.25, -0.2) is 4.79 Å². The van der Waals surface area contributed by atoms with Gasteiger partial charge < -0.3 is 14.6 Å². The Labute approximate surface area is 181 Å². The summed E-state index contributed by atoms with van der Waals surface area (Å²) >= 11 is 0. The molecule has 1 aromatic rings. The fourth-order valence-corrected chi connectivity index (χ4v) is 3.10. The minimum Gasteiger partial charge on any atom is -0.875 e. The molecule has 0 N–H and O–H groups in total. The summed E-state index contributed by atoms with van der Waals surface area (Å²) in [4.78, 5) is 23.2. The Morgan fingerprint density at radius 3 is 2.13 bits per heavy atom. The van der Waals surface area contributed by atoms with Gasteiger partial charge in [0.25, 0.3) is 0 Å². The Morgan fingerprint density at radius 1 is 1.03 bits per heavy atom. The van der Waals surface area contributed by atoms with Crippen LogP contribution in [-0.2, 0) is 25.2 Å².